The molecule has 0 aliphatic carbocycles. The van der Waals surface area contributed by atoms with Gasteiger partial charge in [-0.3, -0.25) is 0 Å². The van der Waals surface area contributed by atoms with Gasteiger partial charge < -0.3 is 10.5 Å². The lowest BCUT2D eigenvalue weighted by atomic mass is 9.97. The van der Waals surface area contributed by atoms with Gasteiger partial charge in [0, 0.05) is 11.3 Å². The summed E-state index contributed by atoms with van der Waals surface area (Å²) in [7, 11) is 1.58. The minimum atomic E-state index is -4.39. The Morgan fingerprint density at radius 3 is 2.00 bits per heavy atom. The summed E-state index contributed by atoms with van der Waals surface area (Å²) in [6.07, 6.45) is -4.39. The second-order valence-corrected chi connectivity index (χ2v) is 4.94. The third-order valence-corrected chi connectivity index (χ3v) is 3.35. The summed E-state index contributed by atoms with van der Waals surface area (Å²) >= 11 is 0. The van der Waals surface area contributed by atoms with Gasteiger partial charge in [-0.05, 0) is 54.8 Å². The number of hydrogen-bond acceptors (Lipinski definition) is 2. The van der Waals surface area contributed by atoms with Crippen molar-refractivity contribution < 1.29 is 17.9 Å². The SMILES string of the molecule is COc1c(C)cc(-c2ccc(C(F)(F)F)cc2N)cc1C. The zero-order valence-electron chi connectivity index (χ0n) is 12.0. The molecule has 0 fully saturated rings. The first-order valence-corrected chi connectivity index (χ1v) is 6.36. The molecule has 5 heteroatoms. The predicted molar refractivity (Wildman–Crippen MR) is 77.3 cm³/mol. The Balaban J connectivity index is 2.53. The van der Waals surface area contributed by atoms with Crippen LogP contribution in [0.4, 0.5) is 18.9 Å². The molecule has 0 saturated carbocycles. The molecule has 0 heterocycles. The molecule has 0 aliphatic heterocycles. The van der Waals surface area contributed by atoms with E-state index in [2.05, 4.69) is 0 Å². The van der Waals surface area contributed by atoms with E-state index in [1.807, 2.05) is 26.0 Å². The Kier molecular flexibility index (Phi) is 3.85. The fraction of sp³-hybridized carbons (Fsp3) is 0.250. The number of hydrogen-bond donors (Lipinski definition) is 1. The molecule has 0 amide bonds. The predicted octanol–water partition coefficient (Wildman–Crippen LogP) is 4.58. The molecule has 0 radical (unpaired) electrons. The molecule has 0 saturated heterocycles. The molecule has 0 atom stereocenters. The van der Waals surface area contributed by atoms with Gasteiger partial charge in [-0.2, -0.15) is 13.2 Å². The fourth-order valence-corrected chi connectivity index (χ4v) is 2.43. The van der Waals surface area contributed by atoms with Crippen LogP contribution in [0.15, 0.2) is 30.3 Å². The van der Waals surface area contributed by atoms with E-state index in [-0.39, 0.29) is 5.69 Å². The first-order chi connectivity index (χ1) is 9.74. The number of nitrogen functional groups attached to an aromatic ring is 1. The van der Waals surface area contributed by atoms with Gasteiger partial charge in [-0.15, -0.1) is 0 Å². The Morgan fingerprint density at radius 2 is 1.57 bits per heavy atom. The molecule has 2 aromatic rings. The monoisotopic (exact) mass is 295 g/mol. The summed E-state index contributed by atoms with van der Waals surface area (Å²) < 4.78 is 43.3. The highest BCUT2D eigenvalue weighted by atomic mass is 19.4. The molecule has 0 aliphatic rings. The van der Waals surface area contributed by atoms with E-state index in [0.29, 0.717) is 5.56 Å². The van der Waals surface area contributed by atoms with Gasteiger partial charge in [-0.25, -0.2) is 0 Å². The van der Waals surface area contributed by atoms with Crippen LogP contribution in [0.5, 0.6) is 5.75 Å². The smallest absolute Gasteiger partial charge is 0.416 e. The van der Waals surface area contributed by atoms with E-state index in [0.717, 1.165) is 34.6 Å². The number of nitrogens with two attached hydrogens (primary N) is 1. The average Bonchev–Trinajstić information content (AvgIpc) is 2.37. The molecular formula is C16H16F3NO. The summed E-state index contributed by atoms with van der Waals surface area (Å²) in [5.41, 5.74) is 8.32. The second-order valence-electron chi connectivity index (χ2n) is 4.94. The first-order valence-electron chi connectivity index (χ1n) is 6.36. The second kappa shape index (κ2) is 5.31. The maximum Gasteiger partial charge on any atom is 0.416 e. The minimum absolute atomic E-state index is 0.105. The molecule has 21 heavy (non-hydrogen) atoms. The number of halogens is 3. The van der Waals surface area contributed by atoms with E-state index in [1.54, 1.807) is 7.11 Å². The Morgan fingerprint density at radius 1 is 1.00 bits per heavy atom. The van der Waals surface area contributed by atoms with Crippen LogP contribution in [0.1, 0.15) is 16.7 Å². The number of benzene rings is 2. The van der Waals surface area contributed by atoms with Gasteiger partial charge >= 0.3 is 6.18 Å². The summed E-state index contributed by atoms with van der Waals surface area (Å²) in [6.45, 7) is 3.77. The van der Waals surface area contributed by atoms with Gasteiger partial charge in [0.15, 0.2) is 0 Å². The van der Waals surface area contributed by atoms with Crippen LogP contribution in [-0.2, 0) is 6.18 Å². The van der Waals surface area contributed by atoms with Crippen LogP contribution in [0.25, 0.3) is 11.1 Å². The van der Waals surface area contributed by atoms with Crippen LogP contribution < -0.4 is 10.5 Å². The van der Waals surface area contributed by atoms with E-state index >= 15 is 0 Å². The fourth-order valence-electron chi connectivity index (χ4n) is 2.43. The van der Waals surface area contributed by atoms with E-state index in [1.165, 1.54) is 6.07 Å². The van der Waals surface area contributed by atoms with Crippen molar-refractivity contribution >= 4 is 5.69 Å². The highest BCUT2D eigenvalue weighted by molar-refractivity contribution is 5.78. The van der Waals surface area contributed by atoms with Crippen LogP contribution in [0.2, 0.25) is 0 Å². The summed E-state index contributed by atoms with van der Waals surface area (Å²) in [5.74, 6) is 0.768. The number of anilines is 1. The highest BCUT2D eigenvalue weighted by Crippen LogP contribution is 2.36. The molecule has 2 aromatic carbocycles. The molecular weight excluding hydrogens is 279 g/mol. The summed E-state index contributed by atoms with van der Waals surface area (Å²) in [6, 6.07) is 7.11. The van der Waals surface area contributed by atoms with Gasteiger partial charge in [0.05, 0.1) is 12.7 Å². The van der Waals surface area contributed by atoms with Gasteiger partial charge in [0.2, 0.25) is 0 Å². The molecule has 2 N–H and O–H groups in total. The van der Waals surface area contributed by atoms with Crippen LogP contribution in [0.3, 0.4) is 0 Å². The third kappa shape index (κ3) is 2.96. The zero-order valence-corrected chi connectivity index (χ0v) is 12.0. The van der Waals surface area contributed by atoms with E-state index < -0.39 is 11.7 Å². The molecule has 2 rings (SSSR count). The first kappa shape index (κ1) is 15.2. The van der Waals surface area contributed by atoms with Crippen molar-refractivity contribution in [1.29, 1.82) is 0 Å². The zero-order chi connectivity index (χ0) is 15.8. The Labute approximate surface area is 121 Å². The molecule has 0 bridgehead atoms. The van der Waals surface area contributed by atoms with Crippen molar-refractivity contribution in [3.05, 3.63) is 47.0 Å². The van der Waals surface area contributed by atoms with Crippen molar-refractivity contribution in [2.75, 3.05) is 12.8 Å². The Hall–Kier alpha value is -2.17. The molecule has 0 spiro atoms. The maximum absolute atomic E-state index is 12.7. The highest BCUT2D eigenvalue weighted by Gasteiger charge is 2.30. The average molecular weight is 295 g/mol. The minimum Gasteiger partial charge on any atom is -0.496 e. The van der Waals surface area contributed by atoms with Crippen molar-refractivity contribution in [1.82, 2.24) is 0 Å². The van der Waals surface area contributed by atoms with Crippen molar-refractivity contribution in [3.8, 4) is 16.9 Å². The number of alkyl halides is 3. The molecule has 0 aromatic heterocycles. The van der Waals surface area contributed by atoms with E-state index in [9.17, 15) is 13.2 Å². The standard InChI is InChI=1S/C16H16F3NO/c1-9-6-11(7-10(2)15(9)21-3)13-5-4-12(8-14(13)20)16(17,18)19/h4-8H,20H2,1-3H3. The third-order valence-electron chi connectivity index (χ3n) is 3.35. The topological polar surface area (TPSA) is 35.2 Å². The number of methoxy groups -OCH3 is 1. The van der Waals surface area contributed by atoms with Gasteiger partial charge in [0.1, 0.15) is 5.75 Å². The normalized spacial score (nSPS) is 11.5. The molecule has 112 valence electrons. The lowest BCUT2D eigenvalue weighted by Crippen LogP contribution is -2.06. The summed E-state index contributed by atoms with van der Waals surface area (Å²) in [4.78, 5) is 0. The van der Waals surface area contributed by atoms with Crippen LogP contribution in [-0.4, -0.2) is 7.11 Å². The lowest BCUT2D eigenvalue weighted by molar-refractivity contribution is -0.137. The lowest BCUT2D eigenvalue weighted by Gasteiger charge is -2.14. The quantitative estimate of drug-likeness (QED) is 0.823. The number of aryl methyl sites for hydroxylation is 2. The van der Waals surface area contributed by atoms with Crippen molar-refractivity contribution in [2.45, 2.75) is 20.0 Å². The molecule has 2 nitrogen and oxygen atoms in total. The molecule has 0 unspecified atom stereocenters. The summed E-state index contributed by atoms with van der Waals surface area (Å²) in [5, 5.41) is 0. The van der Waals surface area contributed by atoms with E-state index in [4.69, 9.17) is 10.5 Å². The number of rotatable bonds is 2. The van der Waals surface area contributed by atoms with Crippen molar-refractivity contribution in [3.63, 3.8) is 0 Å². The van der Waals surface area contributed by atoms with Crippen molar-refractivity contribution in [2.24, 2.45) is 0 Å². The largest absolute Gasteiger partial charge is 0.496 e. The number of ether oxygens (including phenoxy) is 1. The van der Waals surface area contributed by atoms with Crippen LogP contribution in [0, 0.1) is 13.8 Å². The van der Waals surface area contributed by atoms with Gasteiger partial charge in [0.25, 0.3) is 0 Å². The Bertz CT molecular complexity index is 655. The van der Waals surface area contributed by atoms with Crippen LogP contribution >= 0.6 is 0 Å². The maximum atomic E-state index is 12.7. The van der Waals surface area contributed by atoms with Gasteiger partial charge in [-0.1, -0.05) is 6.07 Å².